The molecule has 1 aliphatic rings. The lowest BCUT2D eigenvalue weighted by Crippen LogP contribution is -2.44. The van der Waals surface area contributed by atoms with Gasteiger partial charge in [-0.2, -0.15) is 0 Å². The van der Waals surface area contributed by atoms with Crippen LogP contribution in [-0.4, -0.2) is 60.5 Å². The average molecular weight is 339 g/mol. The molecule has 0 aliphatic carbocycles. The Labute approximate surface area is 148 Å². The zero-order valence-electron chi connectivity index (χ0n) is 14.7. The Morgan fingerprint density at radius 3 is 2.64 bits per heavy atom. The van der Waals surface area contributed by atoms with Gasteiger partial charge in [-0.05, 0) is 44.2 Å². The molecule has 2 aromatic rings. The van der Waals surface area contributed by atoms with E-state index in [1.165, 1.54) is 0 Å². The molecule has 132 valence electrons. The van der Waals surface area contributed by atoms with Crippen molar-refractivity contribution in [2.45, 2.75) is 12.8 Å². The molecule has 0 atom stereocenters. The van der Waals surface area contributed by atoms with Crippen molar-refractivity contribution in [1.82, 2.24) is 20.2 Å². The van der Waals surface area contributed by atoms with Crippen LogP contribution < -0.4 is 10.2 Å². The fourth-order valence-corrected chi connectivity index (χ4v) is 2.86. The third-order valence-corrected chi connectivity index (χ3v) is 4.46. The molecule has 1 N–H and O–H groups in total. The molecule has 0 unspecified atom stereocenters. The minimum absolute atomic E-state index is 0.0709. The van der Waals surface area contributed by atoms with E-state index in [-0.39, 0.29) is 5.91 Å². The second kappa shape index (κ2) is 8.58. The van der Waals surface area contributed by atoms with Crippen molar-refractivity contribution in [3.63, 3.8) is 0 Å². The van der Waals surface area contributed by atoms with Crippen molar-refractivity contribution in [1.29, 1.82) is 0 Å². The fraction of sp³-hybridized carbons (Fsp3) is 0.421. The number of anilines is 1. The number of amides is 1. The minimum atomic E-state index is -0.0709. The van der Waals surface area contributed by atoms with E-state index >= 15 is 0 Å². The Kier molecular flexibility index (Phi) is 5.95. The highest BCUT2D eigenvalue weighted by Crippen LogP contribution is 2.13. The Bertz CT molecular complexity index is 666. The van der Waals surface area contributed by atoms with Gasteiger partial charge in [-0.1, -0.05) is 6.07 Å². The van der Waals surface area contributed by atoms with Gasteiger partial charge in [0.1, 0.15) is 5.82 Å². The van der Waals surface area contributed by atoms with Crippen LogP contribution in [0.15, 0.2) is 42.7 Å². The zero-order chi connectivity index (χ0) is 17.5. The highest BCUT2D eigenvalue weighted by atomic mass is 16.1. The Morgan fingerprint density at radius 1 is 1.12 bits per heavy atom. The molecule has 0 spiro atoms. The summed E-state index contributed by atoms with van der Waals surface area (Å²) in [5.41, 5.74) is 1.66. The molecule has 0 aromatic carbocycles. The van der Waals surface area contributed by atoms with Gasteiger partial charge in [0.05, 0.1) is 5.56 Å². The van der Waals surface area contributed by atoms with Crippen LogP contribution in [0.25, 0.3) is 0 Å². The SMILES string of the molecule is CN1CCN(c2ccc(C(=O)NCCCc3ccccn3)cn2)CC1. The summed E-state index contributed by atoms with van der Waals surface area (Å²) in [6.07, 6.45) is 5.19. The van der Waals surface area contributed by atoms with Crippen LogP contribution in [0.1, 0.15) is 22.5 Å². The number of nitrogens with one attached hydrogen (secondary N) is 1. The monoisotopic (exact) mass is 339 g/mol. The molecule has 1 amide bonds. The number of carbonyl (C=O) groups is 1. The van der Waals surface area contributed by atoms with Crippen LogP contribution in [0, 0.1) is 0 Å². The lowest BCUT2D eigenvalue weighted by atomic mass is 10.2. The van der Waals surface area contributed by atoms with Gasteiger partial charge >= 0.3 is 0 Å². The first-order valence-corrected chi connectivity index (χ1v) is 8.80. The number of carbonyl (C=O) groups excluding carboxylic acids is 1. The number of aryl methyl sites for hydroxylation is 1. The first kappa shape index (κ1) is 17.4. The number of hydrogen-bond donors (Lipinski definition) is 1. The van der Waals surface area contributed by atoms with E-state index in [9.17, 15) is 4.79 Å². The lowest BCUT2D eigenvalue weighted by molar-refractivity contribution is 0.0953. The van der Waals surface area contributed by atoms with Gasteiger partial charge in [0.15, 0.2) is 0 Å². The predicted molar refractivity (Wildman–Crippen MR) is 98.8 cm³/mol. The van der Waals surface area contributed by atoms with Crippen molar-refractivity contribution in [3.8, 4) is 0 Å². The maximum Gasteiger partial charge on any atom is 0.252 e. The molecule has 3 rings (SSSR count). The maximum atomic E-state index is 12.2. The van der Waals surface area contributed by atoms with Crippen LogP contribution in [0.5, 0.6) is 0 Å². The number of rotatable bonds is 6. The number of nitrogens with zero attached hydrogens (tertiary/aromatic N) is 4. The second-order valence-corrected chi connectivity index (χ2v) is 6.38. The van der Waals surface area contributed by atoms with E-state index < -0.39 is 0 Å². The molecular weight excluding hydrogens is 314 g/mol. The van der Waals surface area contributed by atoms with Crippen LogP contribution in [0.3, 0.4) is 0 Å². The quantitative estimate of drug-likeness (QED) is 0.810. The number of hydrogen-bond acceptors (Lipinski definition) is 5. The van der Waals surface area contributed by atoms with E-state index in [0.29, 0.717) is 12.1 Å². The molecule has 6 heteroatoms. The molecule has 1 aliphatic heterocycles. The van der Waals surface area contributed by atoms with Gasteiger partial charge in [-0.25, -0.2) is 4.98 Å². The number of likely N-dealkylation sites (N-methyl/N-ethyl adjacent to an activating group) is 1. The molecule has 1 saturated heterocycles. The molecular formula is C19H25N5O. The third-order valence-electron chi connectivity index (χ3n) is 4.46. The van der Waals surface area contributed by atoms with Crippen LogP contribution >= 0.6 is 0 Å². The summed E-state index contributed by atoms with van der Waals surface area (Å²) in [7, 11) is 2.13. The third kappa shape index (κ3) is 5.00. The van der Waals surface area contributed by atoms with Gasteiger partial charge in [0.25, 0.3) is 5.91 Å². The van der Waals surface area contributed by atoms with Gasteiger partial charge in [-0.3, -0.25) is 9.78 Å². The highest BCUT2D eigenvalue weighted by Gasteiger charge is 2.15. The Balaban J connectivity index is 1.44. The summed E-state index contributed by atoms with van der Waals surface area (Å²) in [4.78, 5) is 25.5. The summed E-state index contributed by atoms with van der Waals surface area (Å²) in [6.45, 7) is 4.67. The molecule has 1 fully saturated rings. The first-order valence-electron chi connectivity index (χ1n) is 8.80. The van der Waals surface area contributed by atoms with Crippen molar-refractivity contribution in [2.24, 2.45) is 0 Å². The molecule has 0 saturated carbocycles. The van der Waals surface area contributed by atoms with Crippen molar-refractivity contribution < 1.29 is 4.79 Å². The average Bonchev–Trinajstić information content (AvgIpc) is 2.67. The standard InChI is InChI=1S/C19H25N5O/c1-23-11-13-24(14-12-23)18-8-7-16(15-22-18)19(25)21-10-4-6-17-5-2-3-9-20-17/h2-3,5,7-9,15H,4,6,10-14H2,1H3,(H,21,25). The van der Waals surface area contributed by atoms with E-state index in [2.05, 4.69) is 32.1 Å². The summed E-state index contributed by atoms with van der Waals surface area (Å²) in [5.74, 6) is 0.873. The van der Waals surface area contributed by atoms with E-state index in [4.69, 9.17) is 0 Å². The van der Waals surface area contributed by atoms with Gasteiger partial charge in [-0.15, -0.1) is 0 Å². The topological polar surface area (TPSA) is 61.4 Å². The van der Waals surface area contributed by atoms with Crippen LogP contribution in [-0.2, 0) is 6.42 Å². The minimum Gasteiger partial charge on any atom is -0.354 e. The smallest absolute Gasteiger partial charge is 0.252 e. The van der Waals surface area contributed by atoms with E-state index in [1.54, 1.807) is 12.4 Å². The highest BCUT2D eigenvalue weighted by molar-refractivity contribution is 5.94. The Hall–Kier alpha value is -2.47. The molecule has 3 heterocycles. The van der Waals surface area contributed by atoms with Crippen LogP contribution in [0.2, 0.25) is 0 Å². The largest absolute Gasteiger partial charge is 0.354 e. The molecule has 0 radical (unpaired) electrons. The van der Waals surface area contributed by atoms with Crippen molar-refractivity contribution >= 4 is 11.7 Å². The summed E-state index contributed by atoms with van der Waals surface area (Å²) in [5, 5.41) is 2.95. The number of piperazine rings is 1. The van der Waals surface area contributed by atoms with Crippen LogP contribution in [0.4, 0.5) is 5.82 Å². The zero-order valence-corrected chi connectivity index (χ0v) is 14.7. The second-order valence-electron chi connectivity index (χ2n) is 6.38. The van der Waals surface area contributed by atoms with Gasteiger partial charge < -0.3 is 15.1 Å². The number of aromatic nitrogens is 2. The van der Waals surface area contributed by atoms with Crippen molar-refractivity contribution in [2.75, 3.05) is 44.7 Å². The lowest BCUT2D eigenvalue weighted by Gasteiger charge is -2.33. The first-order chi connectivity index (χ1) is 12.2. The van der Waals surface area contributed by atoms with E-state index in [1.807, 2.05) is 30.3 Å². The normalized spacial score (nSPS) is 15.2. The predicted octanol–water partition coefficient (Wildman–Crippen LogP) is 1.59. The Morgan fingerprint density at radius 2 is 1.96 bits per heavy atom. The summed E-state index contributed by atoms with van der Waals surface area (Å²) in [6, 6.07) is 9.68. The van der Waals surface area contributed by atoms with Gasteiger partial charge in [0, 0.05) is 50.8 Å². The van der Waals surface area contributed by atoms with E-state index in [0.717, 1.165) is 50.5 Å². The molecule has 25 heavy (non-hydrogen) atoms. The molecule has 2 aromatic heterocycles. The van der Waals surface area contributed by atoms with Crippen molar-refractivity contribution in [3.05, 3.63) is 54.0 Å². The van der Waals surface area contributed by atoms with Gasteiger partial charge in [0.2, 0.25) is 0 Å². The molecule has 6 nitrogen and oxygen atoms in total. The number of pyridine rings is 2. The molecule has 0 bridgehead atoms. The maximum absolute atomic E-state index is 12.2. The summed E-state index contributed by atoms with van der Waals surface area (Å²) < 4.78 is 0. The fourth-order valence-electron chi connectivity index (χ4n) is 2.86. The summed E-state index contributed by atoms with van der Waals surface area (Å²) >= 11 is 0.